The summed E-state index contributed by atoms with van der Waals surface area (Å²) in [5, 5.41) is 15.5. The van der Waals surface area contributed by atoms with Crippen LogP contribution in [0.2, 0.25) is 0 Å². The van der Waals surface area contributed by atoms with E-state index in [0.29, 0.717) is 0 Å². The summed E-state index contributed by atoms with van der Waals surface area (Å²) in [5.41, 5.74) is 16.6. The number of benzene rings is 16. The Morgan fingerprint density at radius 1 is 0.174 bits per heavy atom. The highest BCUT2D eigenvalue weighted by Gasteiger charge is 2.19. The van der Waals surface area contributed by atoms with Gasteiger partial charge in [-0.25, -0.2) is 0 Å². The van der Waals surface area contributed by atoms with Gasteiger partial charge in [0.15, 0.2) is 0 Å². The summed E-state index contributed by atoms with van der Waals surface area (Å²) < 4.78 is 5.29. The van der Waals surface area contributed by atoms with Crippen molar-refractivity contribution in [1.82, 2.24) is 0 Å². The van der Waals surface area contributed by atoms with Crippen LogP contribution < -0.4 is 9.80 Å². The Bertz CT molecular complexity index is 5720. The fourth-order valence-electron chi connectivity index (χ4n) is 13.5. The third-order valence-electron chi connectivity index (χ3n) is 18.1. The Morgan fingerprint density at radius 3 is 0.978 bits per heavy atom. The van der Waals surface area contributed by atoms with Crippen molar-refractivity contribution in [2.75, 3.05) is 9.80 Å². The van der Waals surface area contributed by atoms with Crippen LogP contribution in [0.3, 0.4) is 0 Å². The van der Waals surface area contributed by atoms with E-state index < -0.39 is 0 Å². The molecular weight excluding hydrogens is 1150 g/mol. The number of hydrogen-bond donors (Lipinski definition) is 0. The van der Waals surface area contributed by atoms with Crippen molar-refractivity contribution in [2.45, 2.75) is 0 Å². The van der Waals surface area contributed by atoms with Crippen LogP contribution in [-0.2, 0) is 0 Å². The smallest absolute Gasteiger partial charge is 0.0476 e. The maximum atomic E-state index is 2.38. The summed E-state index contributed by atoms with van der Waals surface area (Å²) >= 11 is 3.77. The standard InChI is InChI=1S/2C44H29NS/c1-2-9-30(10-3-1)31-17-22-35(23-18-31)45(36-24-19-34(20-25-36)39-16-8-13-32-11-4-6-14-38(32)39)37-26-28-41-42-27-21-33-12-5-7-15-40(33)44(42)46-43(41)29-37;1-2-8-30(9-3-1)32-16-21-37(22-17-32)45(38-23-18-33(19-24-38)36-15-14-31-10-4-5-12-35(31)28-36)39-25-27-41-42-26-20-34-11-6-7-13-40(34)44(42)46-43(41)29-39/h2*1-29H. The number of nitrogens with zero attached hydrogens (tertiary/aromatic N) is 2. The van der Waals surface area contributed by atoms with E-state index in [2.05, 4.69) is 362 Å². The van der Waals surface area contributed by atoms with E-state index in [1.54, 1.807) is 0 Å². The zero-order valence-corrected chi connectivity index (χ0v) is 51.8. The van der Waals surface area contributed by atoms with E-state index in [1.165, 1.54) is 128 Å². The van der Waals surface area contributed by atoms with Gasteiger partial charge in [0.25, 0.3) is 0 Å². The molecule has 0 unspecified atom stereocenters. The third kappa shape index (κ3) is 10.2. The summed E-state index contributed by atoms with van der Waals surface area (Å²) in [6, 6.07) is 128. The van der Waals surface area contributed by atoms with Gasteiger partial charge in [-0.3, -0.25) is 0 Å². The minimum absolute atomic E-state index is 1.13. The van der Waals surface area contributed by atoms with Crippen LogP contribution in [0.15, 0.2) is 352 Å². The highest BCUT2D eigenvalue weighted by atomic mass is 32.1. The van der Waals surface area contributed by atoms with Crippen LogP contribution in [0.25, 0.3) is 128 Å². The molecular formula is C88H58N2S2. The van der Waals surface area contributed by atoms with Gasteiger partial charge in [0.05, 0.1) is 0 Å². The van der Waals surface area contributed by atoms with Gasteiger partial charge in [-0.2, -0.15) is 0 Å². The van der Waals surface area contributed by atoms with Gasteiger partial charge in [-0.1, -0.05) is 273 Å². The second kappa shape index (κ2) is 23.5. The van der Waals surface area contributed by atoms with E-state index in [9.17, 15) is 0 Å². The molecule has 0 saturated carbocycles. The van der Waals surface area contributed by atoms with Crippen LogP contribution in [0.4, 0.5) is 34.1 Å². The average molecular weight is 1210 g/mol. The first-order valence-corrected chi connectivity index (χ1v) is 33.0. The van der Waals surface area contributed by atoms with Gasteiger partial charge in [0.1, 0.15) is 0 Å². The topological polar surface area (TPSA) is 6.48 Å². The Balaban J connectivity index is 0.000000141. The maximum absolute atomic E-state index is 2.38. The van der Waals surface area contributed by atoms with E-state index in [1.807, 2.05) is 22.7 Å². The molecule has 0 aliphatic rings. The molecule has 0 aliphatic carbocycles. The fourth-order valence-corrected chi connectivity index (χ4v) is 16.0. The van der Waals surface area contributed by atoms with E-state index in [0.717, 1.165) is 34.1 Å². The first-order chi connectivity index (χ1) is 45.6. The second-order valence-electron chi connectivity index (χ2n) is 23.6. The molecule has 432 valence electrons. The quantitative estimate of drug-likeness (QED) is 0.135. The van der Waals surface area contributed by atoms with Gasteiger partial charge in [-0.05, 0) is 166 Å². The Labute approximate surface area is 542 Å². The van der Waals surface area contributed by atoms with E-state index in [4.69, 9.17) is 0 Å². The van der Waals surface area contributed by atoms with Crippen molar-refractivity contribution in [1.29, 1.82) is 0 Å². The monoisotopic (exact) mass is 1210 g/mol. The molecule has 4 heteroatoms. The molecule has 2 nitrogen and oxygen atoms in total. The summed E-state index contributed by atoms with van der Waals surface area (Å²) in [7, 11) is 0. The number of rotatable bonds is 10. The zero-order valence-electron chi connectivity index (χ0n) is 50.2. The van der Waals surface area contributed by atoms with Crippen molar-refractivity contribution >= 4 is 140 Å². The molecule has 18 rings (SSSR count). The summed E-state index contributed by atoms with van der Waals surface area (Å²) in [6.07, 6.45) is 0. The minimum atomic E-state index is 1.13. The van der Waals surface area contributed by atoms with Crippen molar-refractivity contribution in [2.24, 2.45) is 0 Å². The molecule has 16 aromatic carbocycles. The fraction of sp³-hybridized carbons (Fsp3) is 0. The van der Waals surface area contributed by atoms with Crippen molar-refractivity contribution in [3.05, 3.63) is 352 Å². The number of thiophene rings is 2. The molecule has 0 saturated heterocycles. The molecule has 2 heterocycles. The van der Waals surface area contributed by atoms with E-state index in [-0.39, 0.29) is 0 Å². The highest BCUT2D eigenvalue weighted by Crippen LogP contribution is 2.46. The maximum Gasteiger partial charge on any atom is 0.0476 e. The molecule has 0 atom stereocenters. The molecule has 0 radical (unpaired) electrons. The molecule has 2 aromatic heterocycles. The lowest BCUT2D eigenvalue weighted by Crippen LogP contribution is -2.09. The van der Waals surface area contributed by atoms with Crippen LogP contribution >= 0.6 is 22.7 Å². The molecule has 0 amide bonds. The van der Waals surface area contributed by atoms with Gasteiger partial charge < -0.3 is 9.80 Å². The molecule has 0 bridgehead atoms. The van der Waals surface area contributed by atoms with Crippen molar-refractivity contribution in [3.63, 3.8) is 0 Å². The average Bonchev–Trinajstić information content (AvgIpc) is 1.65. The second-order valence-corrected chi connectivity index (χ2v) is 25.7. The largest absolute Gasteiger partial charge is 0.310 e. The van der Waals surface area contributed by atoms with Crippen molar-refractivity contribution in [3.8, 4) is 44.5 Å². The summed E-state index contributed by atoms with van der Waals surface area (Å²) in [4.78, 5) is 4.75. The molecule has 0 aliphatic heterocycles. The highest BCUT2D eigenvalue weighted by molar-refractivity contribution is 7.27. The lowest BCUT2D eigenvalue weighted by Gasteiger charge is -2.26. The van der Waals surface area contributed by atoms with E-state index >= 15 is 0 Å². The first kappa shape index (κ1) is 54.7. The van der Waals surface area contributed by atoms with Gasteiger partial charge >= 0.3 is 0 Å². The van der Waals surface area contributed by atoms with Crippen LogP contribution in [-0.4, -0.2) is 0 Å². The van der Waals surface area contributed by atoms with Gasteiger partial charge in [0.2, 0.25) is 0 Å². The molecule has 0 spiro atoms. The number of hydrogen-bond acceptors (Lipinski definition) is 4. The van der Waals surface area contributed by atoms with Crippen LogP contribution in [0.5, 0.6) is 0 Å². The molecule has 0 fully saturated rings. The Hall–Kier alpha value is -11.4. The summed E-state index contributed by atoms with van der Waals surface area (Å²) in [5.74, 6) is 0. The SMILES string of the molecule is c1ccc(-c2ccc(N(c3ccc(-c4ccc5ccccc5c4)cc3)c3ccc4c(c3)sc3c5ccccc5ccc43)cc2)cc1.c1ccc(-c2ccc(N(c3ccc(-c4cccc5ccccc45)cc3)c3ccc4c(c3)sc3c5ccccc5ccc43)cc2)cc1. The summed E-state index contributed by atoms with van der Waals surface area (Å²) in [6.45, 7) is 0. The normalized spacial score (nSPS) is 11.5. The zero-order chi connectivity index (χ0) is 60.9. The molecule has 92 heavy (non-hydrogen) atoms. The molecule has 18 aromatic rings. The predicted molar refractivity (Wildman–Crippen MR) is 400 cm³/mol. The first-order valence-electron chi connectivity index (χ1n) is 31.4. The lowest BCUT2D eigenvalue weighted by molar-refractivity contribution is 1.29. The van der Waals surface area contributed by atoms with Crippen LogP contribution in [0.1, 0.15) is 0 Å². The lowest BCUT2D eigenvalue weighted by atomic mass is 9.98. The Morgan fingerprint density at radius 2 is 0.500 bits per heavy atom. The number of fused-ring (bicyclic) bond motifs is 12. The minimum Gasteiger partial charge on any atom is -0.310 e. The number of anilines is 6. The Kier molecular flexibility index (Phi) is 14.0. The predicted octanol–water partition coefficient (Wildman–Crippen LogP) is 26.3. The van der Waals surface area contributed by atoms with Crippen molar-refractivity contribution < 1.29 is 0 Å². The van der Waals surface area contributed by atoms with Crippen LogP contribution in [0, 0.1) is 0 Å². The van der Waals surface area contributed by atoms with Gasteiger partial charge in [0, 0.05) is 74.5 Å². The van der Waals surface area contributed by atoms with Gasteiger partial charge in [-0.15, -0.1) is 22.7 Å². The third-order valence-corrected chi connectivity index (χ3v) is 20.5. The molecule has 0 N–H and O–H groups in total.